The SMILES string of the molecule is Cc1ccc2cc(C3CC(c4ccc(Br)cc4)=NN3C(=O)c3ccc(Br)o3)c(=O)[nH]c2c1. The first kappa shape index (κ1) is 20.9. The second kappa shape index (κ2) is 8.18. The maximum Gasteiger partial charge on any atom is 0.310 e. The van der Waals surface area contributed by atoms with Gasteiger partial charge in [-0.3, -0.25) is 9.59 Å². The standard InChI is InChI=1S/C24H17Br2N3O3/c1-13-2-3-15-11-17(23(30)27-18(15)10-13)20-12-19(14-4-6-16(25)7-5-14)28-29(20)24(31)21-8-9-22(26)32-21/h2-11,20H,12H2,1H3,(H,27,30). The van der Waals surface area contributed by atoms with Gasteiger partial charge in [-0.05, 0) is 75.8 Å². The highest BCUT2D eigenvalue weighted by Gasteiger charge is 2.36. The number of aryl methyl sites for hydroxylation is 1. The zero-order valence-corrected chi connectivity index (χ0v) is 20.1. The minimum Gasteiger partial charge on any atom is -0.444 e. The van der Waals surface area contributed by atoms with Crippen molar-refractivity contribution in [2.45, 2.75) is 19.4 Å². The predicted molar refractivity (Wildman–Crippen MR) is 130 cm³/mol. The van der Waals surface area contributed by atoms with Crippen LogP contribution in [-0.4, -0.2) is 21.6 Å². The van der Waals surface area contributed by atoms with E-state index in [2.05, 4.69) is 41.9 Å². The summed E-state index contributed by atoms with van der Waals surface area (Å²) >= 11 is 6.68. The van der Waals surface area contributed by atoms with Gasteiger partial charge in [0.25, 0.3) is 5.56 Å². The Balaban J connectivity index is 1.61. The Morgan fingerprint density at radius 1 is 1.09 bits per heavy atom. The van der Waals surface area contributed by atoms with Gasteiger partial charge in [-0.25, -0.2) is 5.01 Å². The topological polar surface area (TPSA) is 78.7 Å². The van der Waals surface area contributed by atoms with Gasteiger partial charge in [0, 0.05) is 22.0 Å². The molecule has 8 heteroatoms. The molecule has 2 aromatic carbocycles. The van der Waals surface area contributed by atoms with Crippen molar-refractivity contribution in [3.8, 4) is 0 Å². The molecule has 1 N–H and O–H groups in total. The summed E-state index contributed by atoms with van der Waals surface area (Å²) in [6, 6.07) is 18.1. The molecule has 4 aromatic rings. The van der Waals surface area contributed by atoms with Crippen LogP contribution in [0.15, 0.2) is 84.1 Å². The number of hydrogen-bond acceptors (Lipinski definition) is 4. The van der Waals surface area contributed by atoms with E-state index in [1.54, 1.807) is 12.1 Å². The van der Waals surface area contributed by atoms with Gasteiger partial charge in [0.1, 0.15) is 0 Å². The minimum atomic E-state index is -0.556. The van der Waals surface area contributed by atoms with Crippen LogP contribution in [0.1, 0.15) is 39.7 Å². The number of nitrogens with zero attached hydrogens (tertiary/aromatic N) is 2. The van der Waals surface area contributed by atoms with Crippen LogP contribution in [0, 0.1) is 6.92 Å². The van der Waals surface area contributed by atoms with Crippen molar-refractivity contribution in [2.75, 3.05) is 0 Å². The number of halogens is 2. The van der Waals surface area contributed by atoms with Crippen molar-refractivity contribution < 1.29 is 9.21 Å². The molecule has 5 rings (SSSR count). The summed E-state index contributed by atoms with van der Waals surface area (Å²) in [6.45, 7) is 1.98. The molecule has 0 saturated heterocycles. The largest absolute Gasteiger partial charge is 0.444 e. The third-order valence-corrected chi connectivity index (χ3v) is 6.42. The number of fused-ring (bicyclic) bond motifs is 1. The molecule has 0 saturated carbocycles. The lowest BCUT2D eigenvalue weighted by molar-refractivity contribution is 0.0676. The van der Waals surface area contributed by atoms with Gasteiger partial charge in [-0.15, -0.1) is 0 Å². The highest BCUT2D eigenvalue weighted by atomic mass is 79.9. The molecule has 0 radical (unpaired) electrons. The van der Waals surface area contributed by atoms with Crippen LogP contribution in [0.25, 0.3) is 10.9 Å². The minimum absolute atomic E-state index is 0.149. The molecule has 1 atom stereocenters. The van der Waals surface area contributed by atoms with Crippen LogP contribution in [-0.2, 0) is 0 Å². The van der Waals surface area contributed by atoms with Crippen molar-refractivity contribution in [3.05, 3.63) is 103 Å². The fourth-order valence-electron chi connectivity index (χ4n) is 3.88. The first-order valence-electron chi connectivity index (χ1n) is 9.95. The molecule has 0 spiro atoms. The molecular formula is C24H17Br2N3O3. The second-order valence-corrected chi connectivity index (χ2v) is 9.37. The van der Waals surface area contributed by atoms with Crippen LogP contribution in [0.3, 0.4) is 0 Å². The Hall–Kier alpha value is -2.97. The molecule has 1 aliphatic rings. The summed E-state index contributed by atoms with van der Waals surface area (Å²) in [5.74, 6) is -0.258. The zero-order valence-electron chi connectivity index (χ0n) is 16.9. The van der Waals surface area contributed by atoms with E-state index in [1.165, 1.54) is 5.01 Å². The highest BCUT2D eigenvalue weighted by Crippen LogP contribution is 2.34. The van der Waals surface area contributed by atoms with Gasteiger partial charge < -0.3 is 9.40 Å². The number of H-pyrrole nitrogens is 1. The number of amides is 1. The number of carbonyl (C=O) groups is 1. The summed E-state index contributed by atoms with van der Waals surface area (Å²) in [7, 11) is 0. The highest BCUT2D eigenvalue weighted by molar-refractivity contribution is 9.10. The fourth-order valence-corrected chi connectivity index (χ4v) is 4.45. The van der Waals surface area contributed by atoms with E-state index in [-0.39, 0.29) is 11.3 Å². The summed E-state index contributed by atoms with van der Waals surface area (Å²) < 4.78 is 6.88. The number of carbonyl (C=O) groups excluding carboxylic acids is 1. The van der Waals surface area contributed by atoms with Gasteiger partial charge in [0.05, 0.1) is 11.8 Å². The van der Waals surface area contributed by atoms with E-state index < -0.39 is 11.9 Å². The molecule has 0 bridgehead atoms. The third kappa shape index (κ3) is 3.84. The third-order valence-electron chi connectivity index (χ3n) is 5.47. The van der Waals surface area contributed by atoms with Crippen LogP contribution in [0.2, 0.25) is 0 Å². The Morgan fingerprint density at radius 3 is 2.59 bits per heavy atom. The van der Waals surface area contributed by atoms with E-state index in [9.17, 15) is 9.59 Å². The van der Waals surface area contributed by atoms with Crippen molar-refractivity contribution in [1.82, 2.24) is 9.99 Å². The lowest BCUT2D eigenvalue weighted by Crippen LogP contribution is -2.30. The first-order valence-corrected chi connectivity index (χ1v) is 11.5. The van der Waals surface area contributed by atoms with E-state index in [1.807, 2.05) is 55.5 Å². The van der Waals surface area contributed by atoms with Gasteiger partial charge in [0.2, 0.25) is 0 Å². The lowest BCUT2D eigenvalue weighted by atomic mass is 9.98. The molecule has 32 heavy (non-hydrogen) atoms. The Kier molecular flexibility index (Phi) is 5.35. The van der Waals surface area contributed by atoms with E-state index in [4.69, 9.17) is 4.42 Å². The number of benzene rings is 2. The predicted octanol–water partition coefficient (Wildman–Crippen LogP) is 5.95. The number of pyridine rings is 1. The summed E-state index contributed by atoms with van der Waals surface area (Å²) in [5, 5.41) is 6.88. The zero-order chi connectivity index (χ0) is 22.4. The monoisotopic (exact) mass is 553 g/mol. The van der Waals surface area contributed by atoms with E-state index in [0.29, 0.717) is 16.7 Å². The van der Waals surface area contributed by atoms with E-state index in [0.717, 1.165) is 32.2 Å². The molecule has 1 unspecified atom stereocenters. The average Bonchev–Trinajstić information content (AvgIpc) is 3.40. The number of aromatic nitrogens is 1. The van der Waals surface area contributed by atoms with Crippen molar-refractivity contribution in [3.63, 3.8) is 0 Å². The summed E-state index contributed by atoms with van der Waals surface area (Å²) in [6.07, 6.45) is 0.412. The quantitative estimate of drug-likeness (QED) is 0.340. The van der Waals surface area contributed by atoms with Gasteiger partial charge in [-0.2, -0.15) is 5.10 Å². The van der Waals surface area contributed by atoms with Crippen LogP contribution >= 0.6 is 31.9 Å². The van der Waals surface area contributed by atoms with Crippen LogP contribution < -0.4 is 5.56 Å². The molecule has 6 nitrogen and oxygen atoms in total. The Morgan fingerprint density at radius 2 is 1.88 bits per heavy atom. The molecule has 3 heterocycles. The van der Waals surface area contributed by atoms with Gasteiger partial charge >= 0.3 is 5.91 Å². The molecule has 1 aliphatic heterocycles. The van der Waals surface area contributed by atoms with Gasteiger partial charge in [-0.1, -0.05) is 40.2 Å². The van der Waals surface area contributed by atoms with Crippen molar-refractivity contribution in [1.29, 1.82) is 0 Å². The Bertz CT molecular complexity index is 1440. The maximum atomic E-state index is 13.3. The number of aromatic amines is 1. The van der Waals surface area contributed by atoms with Gasteiger partial charge in [0.15, 0.2) is 10.4 Å². The Labute approximate surface area is 200 Å². The average molecular weight is 555 g/mol. The first-order chi connectivity index (χ1) is 15.4. The molecule has 0 fully saturated rings. The lowest BCUT2D eigenvalue weighted by Gasteiger charge is -2.20. The number of rotatable bonds is 3. The molecule has 2 aromatic heterocycles. The van der Waals surface area contributed by atoms with Crippen molar-refractivity contribution in [2.24, 2.45) is 5.10 Å². The molecule has 160 valence electrons. The van der Waals surface area contributed by atoms with Crippen molar-refractivity contribution >= 4 is 54.4 Å². The maximum absolute atomic E-state index is 13.3. The molecular weight excluding hydrogens is 538 g/mol. The number of hydrogen-bond donors (Lipinski definition) is 1. The van der Waals surface area contributed by atoms with E-state index >= 15 is 0 Å². The smallest absolute Gasteiger partial charge is 0.310 e. The number of furan rings is 1. The molecule has 0 aliphatic carbocycles. The number of hydrazone groups is 1. The summed E-state index contributed by atoms with van der Waals surface area (Å²) in [4.78, 5) is 29.3. The number of nitrogens with one attached hydrogen (secondary N) is 1. The fraction of sp³-hybridized carbons (Fsp3) is 0.125. The summed E-state index contributed by atoms with van der Waals surface area (Å²) in [5.41, 5.74) is 3.68. The second-order valence-electron chi connectivity index (χ2n) is 7.67. The normalized spacial score (nSPS) is 15.9. The molecule has 1 amide bonds. The van der Waals surface area contributed by atoms with Crippen LogP contribution in [0.5, 0.6) is 0 Å². The van der Waals surface area contributed by atoms with Crippen LogP contribution in [0.4, 0.5) is 0 Å².